The zero-order valence-corrected chi connectivity index (χ0v) is 17.2. The molecule has 2 aromatic rings. The van der Waals surface area contributed by atoms with Crippen molar-refractivity contribution in [1.29, 1.82) is 0 Å². The number of ether oxygens (including phenoxy) is 2. The maximum absolute atomic E-state index is 12.4. The lowest BCUT2D eigenvalue weighted by Gasteiger charge is -2.30. The summed E-state index contributed by atoms with van der Waals surface area (Å²) in [7, 11) is 3.23. The summed E-state index contributed by atoms with van der Waals surface area (Å²) in [5, 5.41) is 13.7. The molecule has 0 atom stereocenters. The van der Waals surface area contributed by atoms with E-state index in [1.165, 1.54) is 18.2 Å². The lowest BCUT2D eigenvalue weighted by atomic mass is 9.78. The van der Waals surface area contributed by atoms with Crippen molar-refractivity contribution < 1.29 is 19.2 Å². The lowest BCUT2D eigenvalue weighted by Crippen LogP contribution is -2.38. The first-order valence-corrected chi connectivity index (χ1v) is 9.90. The van der Waals surface area contributed by atoms with Gasteiger partial charge in [-0.1, -0.05) is 18.9 Å². The molecule has 1 fully saturated rings. The first-order valence-electron chi connectivity index (χ1n) is 9.90. The van der Waals surface area contributed by atoms with Crippen LogP contribution in [0.1, 0.15) is 36.8 Å². The molecule has 0 unspecified atom stereocenters. The Morgan fingerprint density at radius 3 is 2.37 bits per heavy atom. The number of nitrogens with one attached hydrogen (secondary N) is 1. The van der Waals surface area contributed by atoms with Gasteiger partial charge in [-0.05, 0) is 54.3 Å². The number of methoxy groups -OCH3 is 2. The van der Waals surface area contributed by atoms with Gasteiger partial charge in [0.05, 0.1) is 19.1 Å². The van der Waals surface area contributed by atoms with Crippen molar-refractivity contribution in [3.05, 3.63) is 69.8 Å². The van der Waals surface area contributed by atoms with Crippen LogP contribution in [0.5, 0.6) is 11.5 Å². The van der Waals surface area contributed by atoms with E-state index in [1.807, 2.05) is 18.2 Å². The highest BCUT2D eigenvalue weighted by Crippen LogP contribution is 2.43. The Balaban J connectivity index is 1.68. The smallest absolute Gasteiger partial charge is 0.269 e. The summed E-state index contributed by atoms with van der Waals surface area (Å²) < 4.78 is 10.8. The van der Waals surface area contributed by atoms with Crippen molar-refractivity contribution in [1.82, 2.24) is 5.32 Å². The number of amides is 1. The second-order valence-corrected chi connectivity index (χ2v) is 7.46. The summed E-state index contributed by atoms with van der Waals surface area (Å²) in [6.07, 6.45) is 7.32. The zero-order chi connectivity index (χ0) is 21.6. The number of non-ortho nitro benzene ring substituents is 1. The normalized spacial score (nSPS) is 15.1. The van der Waals surface area contributed by atoms with Crippen LogP contribution in [0, 0.1) is 10.1 Å². The summed E-state index contributed by atoms with van der Waals surface area (Å²) in [4.78, 5) is 22.7. The van der Waals surface area contributed by atoms with Gasteiger partial charge in [0.15, 0.2) is 11.5 Å². The van der Waals surface area contributed by atoms with Gasteiger partial charge in [0, 0.05) is 30.2 Å². The zero-order valence-electron chi connectivity index (χ0n) is 17.2. The number of nitro benzene ring substituents is 1. The third-order valence-electron chi connectivity index (χ3n) is 5.69. The van der Waals surface area contributed by atoms with Gasteiger partial charge in [-0.3, -0.25) is 14.9 Å². The molecule has 1 N–H and O–H groups in total. The quantitative estimate of drug-likeness (QED) is 0.399. The molecule has 7 nitrogen and oxygen atoms in total. The number of carbonyl (C=O) groups excluding carboxylic acids is 1. The summed E-state index contributed by atoms with van der Waals surface area (Å²) >= 11 is 0. The van der Waals surface area contributed by atoms with E-state index < -0.39 is 4.92 Å². The van der Waals surface area contributed by atoms with Crippen molar-refractivity contribution >= 4 is 17.7 Å². The fourth-order valence-electron chi connectivity index (χ4n) is 3.98. The van der Waals surface area contributed by atoms with Gasteiger partial charge in [0.25, 0.3) is 5.69 Å². The Kier molecular flexibility index (Phi) is 6.72. The van der Waals surface area contributed by atoms with Crippen LogP contribution in [0.15, 0.2) is 48.5 Å². The SMILES string of the molecule is COc1ccc(C2(CNC(=O)/C=C/c3ccc([N+](=O)[O-])cc3)CCCC2)cc1OC. The van der Waals surface area contributed by atoms with Crippen molar-refractivity contribution in [2.75, 3.05) is 20.8 Å². The molecule has 1 saturated carbocycles. The number of nitrogens with zero attached hydrogens (tertiary/aromatic N) is 1. The molecule has 158 valence electrons. The van der Waals surface area contributed by atoms with Gasteiger partial charge in [0.2, 0.25) is 5.91 Å². The Bertz CT molecular complexity index is 931. The number of hydrogen-bond acceptors (Lipinski definition) is 5. The number of rotatable bonds is 8. The molecule has 1 aliphatic carbocycles. The van der Waals surface area contributed by atoms with Crippen LogP contribution < -0.4 is 14.8 Å². The van der Waals surface area contributed by atoms with Crippen molar-refractivity contribution in [3.63, 3.8) is 0 Å². The molecule has 3 rings (SSSR count). The minimum absolute atomic E-state index is 0.0229. The second kappa shape index (κ2) is 9.43. The molecule has 0 aromatic heterocycles. The Hall–Kier alpha value is -3.35. The highest BCUT2D eigenvalue weighted by atomic mass is 16.6. The molecular weight excluding hydrogens is 384 g/mol. The van der Waals surface area contributed by atoms with Gasteiger partial charge in [-0.25, -0.2) is 0 Å². The highest BCUT2D eigenvalue weighted by Gasteiger charge is 2.36. The third kappa shape index (κ3) is 4.79. The molecule has 0 heterocycles. The molecule has 0 bridgehead atoms. The standard InChI is InChI=1S/C23H26N2O5/c1-29-20-11-8-18(15-21(20)30-2)23(13-3-4-14-23)16-24-22(26)12-7-17-5-9-19(10-6-17)25(27)28/h5-12,15H,3-4,13-14,16H2,1-2H3,(H,24,26)/b12-7+. The van der Waals surface area contributed by atoms with E-state index in [0.717, 1.165) is 36.8 Å². The fourth-order valence-corrected chi connectivity index (χ4v) is 3.98. The van der Waals surface area contributed by atoms with Gasteiger partial charge >= 0.3 is 0 Å². The van der Waals surface area contributed by atoms with Crippen LogP contribution in [0.4, 0.5) is 5.69 Å². The van der Waals surface area contributed by atoms with Crippen LogP contribution in [0.3, 0.4) is 0 Å². The summed E-state index contributed by atoms with van der Waals surface area (Å²) in [5.41, 5.74) is 1.76. The maximum atomic E-state index is 12.4. The first kappa shape index (κ1) is 21.4. The average Bonchev–Trinajstić information content (AvgIpc) is 3.26. The molecule has 7 heteroatoms. The van der Waals surface area contributed by atoms with Crippen LogP contribution in [0.25, 0.3) is 6.08 Å². The van der Waals surface area contributed by atoms with Crippen LogP contribution in [-0.4, -0.2) is 31.6 Å². The van der Waals surface area contributed by atoms with E-state index in [2.05, 4.69) is 5.32 Å². The molecule has 30 heavy (non-hydrogen) atoms. The molecule has 2 aromatic carbocycles. The van der Waals surface area contributed by atoms with E-state index in [-0.39, 0.29) is 17.0 Å². The largest absolute Gasteiger partial charge is 0.493 e. The maximum Gasteiger partial charge on any atom is 0.269 e. The molecule has 1 amide bonds. The molecular formula is C23H26N2O5. The van der Waals surface area contributed by atoms with E-state index in [0.29, 0.717) is 18.0 Å². The average molecular weight is 410 g/mol. The Morgan fingerprint density at radius 1 is 1.10 bits per heavy atom. The summed E-state index contributed by atoms with van der Waals surface area (Å²) in [6.45, 7) is 0.534. The van der Waals surface area contributed by atoms with Crippen molar-refractivity contribution in [2.45, 2.75) is 31.1 Å². The fraction of sp³-hybridized carbons (Fsp3) is 0.348. The number of hydrogen-bond donors (Lipinski definition) is 1. The summed E-state index contributed by atoms with van der Waals surface area (Å²) in [5.74, 6) is 1.18. The van der Waals surface area contributed by atoms with Gasteiger partial charge < -0.3 is 14.8 Å². The number of nitro groups is 1. The molecule has 0 spiro atoms. The third-order valence-corrected chi connectivity index (χ3v) is 5.69. The van der Waals surface area contributed by atoms with Crippen LogP contribution in [-0.2, 0) is 10.2 Å². The van der Waals surface area contributed by atoms with E-state index in [4.69, 9.17) is 9.47 Å². The lowest BCUT2D eigenvalue weighted by molar-refractivity contribution is -0.384. The first-order chi connectivity index (χ1) is 14.5. The minimum atomic E-state index is -0.449. The van der Waals surface area contributed by atoms with E-state index >= 15 is 0 Å². The predicted octanol–water partition coefficient (Wildman–Crippen LogP) is 4.25. The van der Waals surface area contributed by atoms with E-state index in [9.17, 15) is 14.9 Å². The number of carbonyl (C=O) groups is 1. The molecule has 0 saturated heterocycles. The second-order valence-electron chi connectivity index (χ2n) is 7.46. The number of benzene rings is 2. The van der Waals surface area contributed by atoms with Gasteiger partial charge in [0.1, 0.15) is 0 Å². The molecule has 0 radical (unpaired) electrons. The predicted molar refractivity (Wildman–Crippen MR) is 115 cm³/mol. The van der Waals surface area contributed by atoms with Crippen LogP contribution >= 0.6 is 0 Å². The Morgan fingerprint density at radius 2 is 1.77 bits per heavy atom. The highest BCUT2D eigenvalue weighted by molar-refractivity contribution is 5.91. The Labute approximate surface area is 175 Å². The summed E-state index contributed by atoms with van der Waals surface area (Å²) in [6, 6.07) is 12.0. The molecule has 0 aliphatic heterocycles. The van der Waals surface area contributed by atoms with Crippen molar-refractivity contribution in [2.24, 2.45) is 0 Å². The molecule has 1 aliphatic rings. The van der Waals surface area contributed by atoms with Crippen LogP contribution in [0.2, 0.25) is 0 Å². The monoisotopic (exact) mass is 410 g/mol. The minimum Gasteiger partial charge on any atom is -0.493 e. The van der Waals surface area contributed by atoms with Crippen molar-refractivity contribution in [3.8, 4) is 11.5 Å². The van der Waals surface area contributed by atoms with E-state index in [1.54, 1.807) is 32.4 Å². The van der Waals surface area contributed by atoms with Gasteiger partial charge in [-0.2, -0.15) is 0 Å². The topological polar surface area (TPSA) is 90.7 Å². The van der Waals surface area contributed by atoms with Gasteiger partial charge in [-0.15, -0.1) is 0 Å².